The highest BCUT2D eigenvalue weighted by molar-refractivity contribution is 7.21. The van der Waals surface area contributed by atoms with Gasteiger partial charge in [-0.1, -0.05) is 0 Å². The third-order valence-electron chi connectivity index (χ3n) is 3.85. The molecule has 1 N–H and O–H groups in total. The first-order valence-corrected chi connectivity index (χ1v) is 7.60. The van der Waals surface area contributed by atoms with E-state index in [1.807, 2.05) is 18.7 Å². The van der Waals surface area contributed by atoms with Crippen LogP contribution in [0.15, 0.2) is 18.2 Å². The van der Waals surface area contributed by atoms with Gasteiger partial charge in [0.1, 0.15) is 5.82 Å². The molecule has 0 aliphatic carbocycles. The highest BCUT2D eigenvalue weighted by Crippen LogP contribution is 2.32. The van der Waals surface area contributed by atoms with Crippen LogP contribution in [0.1, 0.15) is 22.2 Å². The third-order valence-corrected chi connectivity index (χ3v) is 5.12. The second kappa shape index (κ2) is 6.30. The van der Waals surface area contributed by atoms with Crippen LogP contribution in [-0.2, 0) is 0 Å². The van der Waals surface area contributed by atoms with E-state index in [0.29, 0.717) is 0 Å². The Morgan fingerprint density at radius 1 is 1.48 bits per heavy atom. The van der Waals surface area contributed by atoms with Gasteiger partial charge in [-0.3, -0.25) is 4.79 Å². The summed E-state index contributed by atoms with van der Waals surface area (Å²) in [6.07, 6.45) is 0. The monoisotopic (exact) mass is 328 g/mol. The number of piperazine rings is 1. The summed E-state index contributed by atoms with van der Waals surface area (Å²) in [6.45, 7) is 6.33. The predicted molar refractivity (Wildman–Crippen MR) is 87.1 cm³/mol. The summed E-state index contributed by atoms with van der Waals surface area (Å²) in [5.41, 5.74) is 0.889. The maximum atomic E-state index is 13.3. The highest BCUT2D eigenvalue weighted by atomic mass is 35.5. The molecule has 1 saturated heterocycles. The summed E-state index contributed by atoms with van der Waals surface area (Å²) >= 11 is 1.46. The Balaban J connectivity index is 0.00000161. The van der Waals surface area contributed by atoms with Crippen LogP contribution in [0.2, 0.25) is 0 Å². The van der Waals surface area contributed by atoms with E-state index in [0.717, 1.165) is 40.2 Å². The van der Waals surface area contributed by atoms with Gasteiger partial charge in [-0.05, 0) is 43.0 Å². The lowest BCUT2D eigenvalue weighted by Gasteiger charge is -2.33. The molecule has 1 unspecified atom stereocenters. The fourth-order valence-electron chi connectivity index (χ4n) is 2.67. The smallest absolute Gasteiger partial charge is 0.264 e. The number of nitrogens with one attached hydrogen (secondary N) is 1. The second-order valence-corrected chi connectivity index (χ2v) is 6.30. The Morgan fingerprint density at radius 2 is 2.24 bits per heavy atom. The van der Waals surface area contributed by atoms with Gasteiger partial charge >= 0.3 is 0 Å². The normalized spacial score (nSPS) is 18.6. The Morgan fingerprint density at radius 3 is 2.95 bits per heavy atom. The number of fused-ring (bicyclic) bond motifs is 1. The van der Waals surface area contributed by atoms with Crippen molar-refractivity contribution in [2.24, 2.45) is 0 Å². The van der Waals surface area contributed by atoms with E-state index in [1.54, 1.807) is 6.07 Å². The maximum absolute atomic E-state index is 13.3. The number of hydrogen-bond acceptors (Lipinski definition) is 3. The zero-order valence-corrected chi connectivity index (χ0v) is 13.6. The van der Waals surface area contributed by atoms with Crippen molar-refractivity contribution in [1.29, 1.82) is 0 Å². The van der Waals surface area contributed by atoms with Gasteiger partial charge in [0, 0.05) is 30.4 Å². The number of halogens is 2. The molecule has 21 heavy (non-hydrogen) atoms. The first-order valence-electron chi connectivity index (χ1n) is 6.78. The number of carbonyl (C=O) groups is 1. The van der Waals surface area contributed by atoms with Crippen molar-refractivity contribution in [2.45, 2.75) is 19.9 Å². The molecule has 3 rings (SSSR count). The first kappa shape index (κ1) is 16.2. The zero-order valence-electron chi connectivity index (χ0n) is 12.0. The molecule has 0 spiro atoms. The molecule has 1 aliphatic rings. The topological polar surface area (TPSA) is 32.3 Å². The lowest BCUT2D eigenvalue weighted by atomic mass is 10.1. The standard InChI is InChI=1S/C15H17FN2OS.ClH/c1-9-8-17-5-6-18(9)15(19)14-10(2)12-7-11(16)3-4-13(12)20-14;/h3-4,7,9,17H,5-6,8H2,1-2H3;1H. The van der Waals surface area contributed by atoms with Crippen LogP contribution in [0, 0.1) is 12.7 Å². The molecule has 1 aliphatic heterocycles. The van der Waals surface area contributed by atoms with E-state index in [4.69, 9.17) is 0 Å². The molecule has 0 saturated carbocycles. The molecular formula is C15H18ClFN2OS. The lowest BCUT2D eigenvalue weighted by Crippen LogP contribution is -2.52. The van der Waals surface area contributed by atoms with Crippen LogP contribution >= 0.6 is 23.7 Å². The minimum Gasteiger partial charge on any atom is -0.333 e. The van der Waals surface area contributed by atoms with Crippen molar-refractivity contribution in [3.63, 3.8) is 0 Å². The van der Waals surface area contributed by atoms with Crippen LogP contribution < -0.4 is 5.32 Å². The van der Waals surface area contributed by atoms with Gasteiger partial charge in [-0.25, -0.2) is 4.39 Å². The van der Waals surface area contributed by atoms with Crippen LogP contribution in [0.4, 0.5) is 4.39 Å². The van der Waals surface area contributed by atoms with E-state index in [-0.39, 0.29) is 30.2 Å². The maximum Gasteiger partial charge on any atom is 0.264 e. The summed E-state index contributed by atoms with van der Waals surface area (Å²) in [4.78, 5) is 15.3. The summed E-state index contributed by atoms with van der Waals surface area (Å²) in [6, 6.07) is 4.90. The summed E-state index contributed by atoms with van der Waals surface area (Å²) in [7, 11) is 0. The molecule has 3 nitrogen and oxygen atoms in total. The average Bonchev–Trinajstić information content (AvgIpc) is 2.76. The van der Waals surface area contributed by atoms with Gasteiger partial charge in [0.2, 0.25) is 0 Å². The molecule has 0 bridgehead atoms. The van der Waals surface area contributed by atoms with Crippen molar-refractivity contribution in [3.05, 3.63) is 34.5 Å². The average molecular weight is 329 g/mol. The van der Waals surface area contributed by atoms with Gasteiger partial charge in [0.15, 0.2) is 0 Å². The van der Waals surface area contributed by atoms with E-state index < -0.39 is 0 Å². The van der Waals surface area contributed by atoms with Crippen molar-refractivity contribution >= 4 is 39.7 Å². The van der Waals surface area contributed by atoms with Crippen molar-refractivity contribution in [3.8, 4) is 0 Å². The molecule has 114 valence electrons. The Labute approximate surface area is 133 Å². The number of thiophene rings is 1. The highest BCUT2D eigenvalue weighted by Gasteiger charge is 2.27. The number of amides is 1. The van der Waals surface area contributed by atoms with E-state index in [2.05, 4.69) is 5.32 Å². The molecule has 1 fully saturated rings. The molecule has 1 aromatic carbocycles. The predicted octanol–water partition coefficient (Wildman–Crippen LogP) is 3.20. The largest absolute Gasteiger partial charge is 0.333 e. The third kappa shape index (κ3) is 2.91. The van der Waals surface area contributed by atoms with Gasteiger partial charge in [0.25, 0.3) is 5.91 Å². The van der Waals surface area contributed by atoms with Gasteiger partial charge < -0.3 is 10.2 Å². The molecular weight excluding hydrogens is 311 g/mol. The van der Waals surface area contributed by atoms with Crippen LogP contribution in [-0.4, -0.2) is 36.5 Å². The number of carbonyl (C=O) groups excluding carboxylic acids is 1. The van der Waals surface area contributed by atoms with E-state index in [9.17, 15) is 9.18 Å². The van der Waals surface area contributed by atoms with Gasteiger partial charge in [0.05, 0.1) is 4.88 Å². The van der Waals surface area contributed by atoms with Gasteiger partial charge in [-0.15, -0.1) is 23.7 Å². The van der Waals surface area contributed by atoms with Crippen molar-refractivity contribution in [1.82, 2.24) is 10.2 Å². The van der Waals surface area contributed by atoms with Crippen molar-refractivity contribution < 1.29 is 9.18 Å². The molecule has 1 aromatic heterocycles. The molecule has 0 radical (unpaired) electrons. The number of nitrogens with zero attached hydrogens (tertiary/aromatic N) is 1. The lowest BCUT2D eigenvalue weighted by molar-refractivity contribution is 0.0660. The minimum atomic E-state index is -0.257. The quantitative estimate of drug-likeness (QED) is 0.872. The summed E-state index contributed by atoms with van der Waals surface area (Å²) < 4.78 is 14.3. The summed E-state index contributed by atoms with van der Waals surface area (Å²) in [5.74, 6) is -0.189. The number of rotatable bonds is 1. The van der Waals surface area contributed by atoms with Crippen LogP contribution in [0.25, 0.3) is 10.1 Å². The van der Waals surface area contributed by atoms with Crippen molar-refractivity contribution in [2.75, 3.05) is 19.6 Å². The molecule has 6 heteroatoms. The fourth-order valence-corrected chi connectivity index (χ4v) is 3.82. The molecule has 1 amide bonds. The number of benzene rings is 1. The first-order chi connectivity index (χ1) is 9.58. The Bertz CT molecular complexity index is 673. The molecule has 1 atom stereocenters. The summed E-state index contributed by atoms with van der Waals surface area (Å²) in [5, 5.41) is 4.13. The second-order valence-electron chi connectivity index (χ2n) is 5.25. The fraction of sp³-hybridized carbons (Fsp3) is 0.400. The van der Waals surface area contributed by atoms with Crippen LogP contribution in [0.5, 0.6) is 0 Å². The number of hydrogen-bond donors (Lipinski definition) is 1. The van der Waals surface area contributed by atoms with E-state index in [1.165, 1.54) is 23.5 Å². The minimum absolute atomic E-state index is 0. The van der Waals surface area contributed by atoms with Gasteiger partial charge in [-0.2, -0.15) is 0 Å². The Hall–Kier alpha value is -1.17. The number of aryl methyl sites for hydroxylation is 1. The Kier molecular flexibility index (Phi) is 4.86. The SMILES string of the molecule is Cc1c(C(=O)N2CCNCC2C)sc2ccc(F)cc12.Cl. The molecule has 2 heterocycles. The molecule has 2 aromatic rings. The van der Waals surface area contributed by atoms with Crippen LogP contribution in [0.3, 0.4) is 0 Å². The van der Waals surface area contributed by atoms with E-state index >= 15 is 0 Å². The zero-order chi connectivity index (χ0) is 14.3.